The summed E-state index contributed by atoms with van der Waals surface area (Å²) in [6, 6.07) is 0. The summed E-state index contributed by atoms with van der Waals surface area (Å²) in [5.41, 5.74) is -0.866. The van der Waals surface area contributed by atoms with Crippen molar-refractivity contribution < 1.29 is 13.5 Å². The van der Waals surface area contributed by atoms with Crippen LogP contribution in [-0.2, 0) is 9.84 Å². The van der Waals surface area contributed by atoms with E-state index in [1.54, 1.807) is 0 Å². The smallest absolute Gasteiger partial charge is 0.155 e. The fourth-order valence-corrected chi connectivity index (χ4v) is 5.27. The van der Waals surface area contributed by atoms with Crippen LogP contribution in [0.1, 0.15) is 45.4 Å². The van der Waals surface area contributed by atoms with Crippen molar-refractivity contribution in [1.29, 1.82) is 0 Å². The molecule has 1 saturated heterocycles. The Morgan fingerprint density at radius 3 is 2.73 bits per heavy atom. The molecule has 2 aliphatic rings. The molecule has 1 heterocycles. The van der Waals surface area contributed by atoms with E-state index in [2.05, 4.69) is 6.92 Å². The topological polar surface area (TPSA) is 54.4 Å². The number of hydrogen-bond acceptors (Lipinski definition) is 3. The Kier molecular flexibility index (Phi) is 2.84. The minimum absolute atomic E-state index is 0.236. The van der Waals surface area contributed by atoms with Gasteiger partial charge in [0.05, 0.1) is 16.6 Å². The van der Waals surface area contributed by atoms with Crippen molar-refractivity contribution in [2.75, 3.05) is 5.75 Å². The normalized spacial score (nSPS) is 43.9. The molecule has 3 atom stereocenters. The maximum atomic E-state index is 11.9. The van der Waals surface area contributed by atoms with E-state index in [1.165, 1.54) is 0 Å². The second kappa shape index (κ2) is 3.74. The minimum atomic E-state index is -3.02. The second-order valence-corrected chi connectivity index (χ2v) is 7.34. The van der Waals surface area contributed by atoms with Gasteiger partial charge in [0.25, 0.3) is 0 Å². The van der Waals surface area contributed by atoms with Gasteiger partial charge in [-0.3, -0.25) is 0 Å². The van der Waals surface area contributed by atoms with Gasteiger partial charge >= 0.3 is 0 Å². The monoisotopic (exact) mass is 232 g/mol. The molecule has 1 saturated carbocycles. The molecular formula is C11H20O3S. The molecule has 3 nitrogen and oxygen atoms in total. The van der Waals surface area contributed by atoms with Gasteiger partial charge in [-0.05, 0) is 31.6 Å². The standard InChI is InChI=1S/C11H20O3S/c1-2-5-9-8-11(9,12)10-6-3-4-7-15(10,13)14/h9-10,12H,2-8H2,1H3. The Morgan fingerprint density at radius 2 is 2.13 bits per heavy atom. The average molecular weight is 232 g/mol. The van der Waals surface area contributed by atoms with Gasteiger partial charge in [-0.15, -0.1) is 0 Å². The molecule has 3 unspecified atom stereocenters. The summed E-state index contributed by atoms with van der Waals surface area (Å²) in [6.07, 6.45) is 5.07. The van der Waals surface area contributed by atoms with Crippen molar-refractivity contribution in [2.24, 2.45) is 5.92 Å². The largest absolute Gasteiger partial charge is 0.388 e. The van der Waals surface area contributed by atoms with Crippen LogP contribution in [0.5, 0.6) is 0 Å². The predicted octanol–water partition coefficient (Wildman–Crippen LogP) is 1.50. The molecule has 0 aromatic carbocycles. The molecule has 2 rings (SSSR count). The number of sulfone groups is 1. The number of aliphatic hydroxyl groups is 1. The maximum Gasteiger partial charge on any atom is 0.155 e. The summed E-state index contributed by atoms with van der Waals surface area (Å²) in [7, 11) is -3.02. The first kappa shape index (κ1) is 11.4. The molecule has 0 amide bonds. The molecule has 1 N–H and O–H groups in total. The molecule has 1 aliphatic carbocycles. The quantitative estimate of drug-likeness (QED) is 0.802. The Morgan fingerprint density at radius 1 is 1.40 bits per heavy atom. The fraction of sp³-hybridized carbons (Fsp3) is 1.00. The first-order valence-corrected chi connectivity index (χ1v) is 7.66. The lowest BCUT2D eigenvalue weighted by Gasteiger charge is -2.27. The molecule has 0 aromatic rings. The van der Waals surface area contributed by atoms with Gasteiger partial charge in [0.1, 0.15) is 0 Å². The zero-order valence-corrected chi connectivity index (χ0v) is 10.1. The lowest BCUT2D eigenvalue weighted by Crippen LogP contribution is -2.41. The lowest BCUT2D eigenvalue weighted by atomic mass is 10.0. The van der Waals surface area contributed by atoms with Crippen LogP contribution in [0.3, 0.4) is 0 Å². The molecule has 2 fully saturated rings. The van der Waals surface area contributed by atoms with E-state index < -0.39 is 20.7 Å². The zero-order valence-electron chi connectivity index (χ0n) is 9.28. The summed E-state index contributed by atoms with van der Waals surface area (Å²) in [5, 5.41) is 9.84. The Balaban J connectivity index is 2.11. The van der Waals surface area contributed by atoms with Gasteiger partial charge in [0.15, 0.2) is 9.84 Å². The van der Waals surface area contributed by atoms with Gasteiger partial charge in [-0.25, -0.2) is 8.42 Å². The van der Waals surface area contributed by atoms with Crippen LogP contribution in [0.2, 0.25) is 0 Å². The first-order chi connectivity index (χ1) is 7.00. The zero-order chi connectivity index (χ0) is 11.1. The summed E-state index contributed by atoms with van der Waals surface area (Å²) in [6.45, 7) is 2.08. The highest BCUT2D eigenvalue weighted by atomic mass is 32.2. The highest BCUT2D eigenvalue weighted by Gasteiger charge is 2.61. The molecule has 4 heteroatoms. The van der Waals surface area contributed by atoms with Crippen LogP contribution in [0.25, 0.3) is 0 Å². The van der Waals surface area contributed by atoms with E-state index in [9.17, 15) is 13.5 Å². The van der Waals surface area contributed by atoms with Gasteiger partial charge in [0, 0.05) is 0 Å². The SMILES string of the molecule is CCCC1CC1(O)C1CCCCS1(=O)=O. The number of hydrogen-bond donors (Lipinski definition) is 1. The van der Waals surface area contributed by atoms with Crippen molar-refractivity contribution in [3.8, 4) is 0 Å². The van der Waals surface area contributed by atoms with Crippen molar-refractivity contribution in [3.63, 3.8) is 0 Å². The molecule has 15 heavy (non-hydrogen) atoms. The summed E-state index contributed by atoms with van der Waals surface area (Å²) < 4.78 is 23.7. The van der Waals surface area contributed by atoms with Crippen LogP contribution in [-0.4, -0.2) is 30.1 Å². The molecule has 0 spiro atoms. The molecule has 0 bridgehead atoms. The van der Waals surface area contributed by atoms with E-state index in [1.807, 2.05) is 0 Å². The predicted molar refractivity (Wildman–Crippen MR) is 59.4 cm³/mol. The summed E-state index contributed by atoms with van der Waals surface area (Å²) >= 11 is 0. The fourth-order valence-electron chi connectivity index (χ4n) is 2.95. The van der Waals surface area contributed by atoms with Gasteiger partial charge in [-0.1, -0.05) is 19.8 Å². The highest BCUT2D eigenvalue weighted by molar-refractivity contribution is 7.92. The van der Waals surface area contributed by atoms with E-state index in [0.717, 1.165) is 25.7 Å². The van der Waals surface area contributed by atoms with Gasteiger partial charge in [0.2, 0.25) is 0 Å². The lowest BCUT2D eigenvalue weighted by molar-refractivity contribution is 0.117. The average Bonchev–Trinajstić information content (AvgIpc) is 2.77. The third-order valence-electron chi connectivity index (χ3n) is 3.89. The summed E-state index contributed by atoms with van der Waals surface area (Å²) in [4.78, 5) is 0. The first-order valence-electron chi connectivity index (χ1n) is 5.94. The van der Waals surface area contributed by atoms with Crippen LogP contribution in [0.4, 0.5) is 0 Å². The molecule has 1 aliphatic heterocycles. The Hall–Kier alpha value is -0.0900. The molecular weight excluding hydrogens is 212 g/mol. The van der Waals surface area contributed by atoms with E-state index >= 15 is 0 Å². The van der Waals surface area contributed by atoms with Gasteiger partial charge < -0.3 is 5.11 Å². The molecule has 0 aromatic heterocycles. The van der Waals surface area contributed by atoms with Crippen LogP contribution < -0.4 is 0 Å². The summed E-state index contributed by atoms with van der Waals surface area (Å²) in [5.74, 6) is 0.513. The van der Waals surface area contributed by atoms with Crippen LogP contribution in [0.15, 0.2) is 0 Å². The third kappa shape index (κ3) is 1.94. The Labute approximate surface area is 91.8 Å². The van der Waals surface area contributed by atoms with Gasteiger partial charge in [-0.2, -0.15) is 0 Å². The maximum absolute atomic E-state index is 11.9. The van der Waals surface area contributed by atoms with Crippen molar-refractivity contribution >= 4 is 9.84 Å². The van der Waals surface area contributed by atoms with Crippen molar-refractivity contribution in [2.45, 2.75) is 56.3 Å². The van der Waals surface area contributed by atoms with Crippen LogP contribution >= 0.6 is 0 Å². The van der Waals surface area contributed by atoms with Crippen molar-refractivity contribution in [1.82, 2.24) is 0 Å². The van der Waals surface area contributed by atoms with E-state index in [0.29, 0.717) is 12.8 Å². The highest BCUT2D eigenvalue weighted by Crippen LogP contribution is 2.53. The van der Waals surface area contributed by atoms with Crippen molar-refractivity contribution in [3.05, 3.63) is 0 Å². The number of rotatable bonds is 3. The molecule has 88 valence electrons. The minimum Gasteiger partial charge on any atom is -0.388 e. The molecule has 0 radical (unpaired) electrons. The van der Waals surface area contributed by atoms with E-state index in [4.69, 9.17) is 0 Å². The van der Waals surface area contributed by atoms with E-state index in [-0.39, 0.29) is 11.7 Å². The third-order valence-corrected chi connectivity index (χ3v) is 6.26. The van der Waals surface area contributed by atoms with Crippen LogP contribution in [0, 0.1) is 5.92 Å². The second-order valence-electron chi connectivity index (χ2n) is 5.03. The Bertz CT molecular complexity index is 336.